The fourth-order valence-electron chi connectivity index (χ4n) is 1.85. The lowest BCUT2D eigenvalue weighted by Crippen LogP contribution is -2.14. The molecule has 1 heterocycles. The normalized spacial score (nSPS) is 10.3. The first kappa shape index (κ1) is 13.3. The lowest BCUT2D eigenvalue weighted by atomic mass is 10.1. The highest BCUT2D eigenvalue weighted by molar-refractivity contribution is 5.78. The second-order valence-corrected chi connectivity index (χ2v) is 4.10. The molecule has 0 saturated heterocycles. The molecule has 0 amide bonds. The van der Waals surface area contributed by atoms with E-state index >= 15 is 0 Å². The van der Waals surface area contributed by atoms with E-state index in [4.69, 9.17) is 10.5 Å². The minimum absolute atomic E-state index is 0.555. The second kappa shape index (κ2) is 6.15. The van der Waals surface area contributed by atoms with Gasteiger partial charge in [0.15, 0.2) is 0 Å². The number of rotatable bonds is 5. The van der Waals surface area contributed by atoms with Gasteiger partial charge in [-0.3, -0.25) is 0 Å². The monoisotopic (exact) mass is 258 g/mol. The molecule has 2 rings (SSSR count). The molecule has 1 aromatic heterocycles. The number of aromatic nitrogens is 2. The minimum atomic E-state index is 0.555. The van der Waals surface area contributed by atoms with Crippen molar-refractivity contribution < 1.29 is 4.74 Å². The van der Waals surface area contributed by atoms with Gasteiger partial charge in [0.1, 0.15) is 17.3 Å². The Kier molecular flexibility index (Phi) is 4.30. The number of benzene rings is 1. The quantitative estimate of drug-likeness (QED) is 0.856. The van der Waals surface area contributed by atoms with E-state index in [1.807, 2.05) is 31.2 Å². The molecular formula is C14H18N4O. The molecule has 0 atom stereocenters. The van der Waals surface area contributed by atoms with Crippen LogP contribution in [-0.2, 0) is 0 Å². The molecule has 19 heavy (non-hydrogen) atoms. The van der Waals surface area contributed by atoms with Gasteiger partial charge >= 0.3 is 0 Å². The minimum Gasteiger partial charge on any atom is -0.496 e. The smallest absolute Gasteiger partial charge is 0.128 e. The Balaban J connectivity index is 2.49. The van der Waals surface area contributed by atoms with Crippen molar-refractivity contribution in [1.82, 2.24) is 9.97 Å². The molecule has 2 aromatic rings. The zero-order valence-electron chi connectivity index (χ0n) is 11.2. The lowest BCUT2D eigenvalue weighted by molar-refractivity contribution is 0.416. The summed E-state index contributed by atoms with van der Waals surface area (Å²) in [4.78, 5) is 8.73. The van der Waals surface area contributed by atoms with Crippen LogP contribution in [0.25, 0.3) is 11.3 Å². The van der Waals surface area contributed by atoms with Gasteiger partial charge in [0, 0.05) is 18.7 Å². The third-order valence-corrected chi connectivity index (χ3v) is 2.73. The Morgan fingerprint density at radius 2 is 2.11 bits per heavy atom. The van der Waals surface area contributed by atoms with Crippen molar-refractivity contribution in [2.24, 2.45) is 5.73 Å². The van der Waals surface area contributed by atoms with E-state index in [2.05, 4.69) is 15.3 Å². The highest BCUT2D eigenvalue weighted by Crippen LogP contribution is 2.32. The molecule has 100 valence electrons. The first-order valence-electron chi connectivity index (χ1n) is 6.17. The zero-order chi connectivity index (χ0) is 13.7. The number of para-hydroxylation sites is 1. The third kappa shape index (κ3) is 3.00. The number of aryl methyl sites for hydroxylation is 1. The van der Waals surface area contributed by atoms with Crippen LogP contribution in [0.1, 0.15) is 5.82 Å². The number of nitrogens with one attached hydrogen (secondary N) is 1. The molecule has 0 unspecified atom stereocenters. The molecule has 0 aliphatic heterocycles. The Hall–Kier alpha value is -2.14. The Labute approximate surface area is 112 Å². The van der Waals surface area contributed by atoms with E-state index in [0.29, 0.717) is 13.1 Å². The average Bonchev–Trinajstić information content (AvgIpc) is 2.46. The maximum atomic E-state index is 5.52. The molecule has 3 N–H and O–H groups in total. The van der Waals surface area contributed by atoms with Gasteiger partial charge in [-0.15, -0.1) is 0 Å². The van der Waals surface area contributed by atoms with Gasteiger partial charge in [0.2, 0.25) is 0 Å². The van der Waals surface area contributed by atoms with E-state index in [1.165, 1.54) is 0 Å². The summed E-state index contributed by atoms with van der Waals surface area (Å²) in [5.74, 6) is 1.51. The molecule has 0 fully saturated rings. The van der Waals surface area contributed by atoms with E-state index in [9.17, 15) is 0 Å². The van der Waals surface area contributed by atoms with Gasteiger partial charge in [-0.05, 0) is 19.1 Å². The van der Waals surface area contributed by atoms with Crippen molar-refractivity contribution in [2.75, 3.05) is 25.5 Å². The van der Waals surface area contributed by atoms with Crippen LogP contribution in [0.5, 0.6) is 5.75 Å². The first-order valence-corrected chi connectivity index (χ1v) is 6.17. The summed E-state index contributed by atoms with van der Waals surface area (Å²) < 4.78 is 5.39. The molecule has 0 saturated carbocycles. The van der Waals surface area contributed by atoms with Crippen LogP contribution >= 0.6 is 0 Å². The van der Waals surface area contributed by atoms with Crippen LogP contribution in [0.2, 0.25) is 0 Å². The van der Waals surface area contributed by atoms with E-state index < -0.39 is 0 Å². The van der Waals surface area contributed by atoms with Crippen molar-refractivity contribution in [2.45, 2.75) is 6.92 Å². The first-order chi connectivity index (χ1) is 9.26. The molecule has 0 bridgehead atoms. The topological polar surface area (TPSA) is 73.1 Å². The molecule has 5 heteroatoms. The Morgan fingerprint density at radius 1 is 1.32 bits per heavy atom. The summed E-state index contributed by atoms with van der Waals surface area (Å²) in [6.45, 7) is 3.10. The number of anilines is 1. The lowest BCUT2D eigenvalue weighted by Gasteiger charge is -2.13. The third-order valence-electron chi connectivity index (χ3n) is 2.73. The Bertz CT molecular complexity index is 557. The number of nitrogens with zero attached hydrogens (tertiary/aromatic N) is 2. The van der Waals surface area contributed by atoms with Crippen LogP contribution in [-0.4, -0.2) is 30.2 Å². The van der Waals surface area contributed by atoms with Gasteiger partial charge in [-0.1, -0.05) is 12.1 Å². The summed E-state index contributed by atoms with van der Waals surface area (Å²) >= 11 is 0. The van der Waals surface area contributed by atoms with Gasteiger partial charge in [0.05, 0.1) is 19.0 Å². The maximum absolute atomic E-state index is 5.52. The molecule has 1 aromatic carbocycles. The zero-order valence-corrected chi connectivity index (χ0v) is 11.2. The van der Waals surface area contributed by atoms with Crippen LogP contribution in [0, 0.1) is 6.92 Å². The van der Waals surface area contributed by atoms with Crippen LogP contribution in [0.15, 0.2) is 30.5 Å². The number of ether oxygens (including phenoxy) is 1. The highest BCUT2D eigenvalue weighted by atomic mass is 16.5. The fraction of sp³-hybridized carbons (Fsp3) is 0.286. The van der Waals surface area contributed by atoms with Crippen molar-refractivity contribution in [3.63, 3.8) is 0 Å². The fourth-order valence-corrected chi connectivity index (χ4v) is 1.85. The molecule has 0 spiro atoms. The summed E-state index contributed by atoms with van der Waals surface area (Å²) in [5, 5.41) is 3.23. The predicted octanol–water partition coefficient (Wildman–Crippen LogP) is 1.83. The van der Waals surface area contributed by atoms with Crippen molar-refractivity contribution in [1.29, 1.82) is 0 Å². The van der Waals surface area contributed by atoms with E-state index in [-0.39, 0.29) is 0 Å². The highest BCUT2D eigenvalue weighted by Gasteiger charge is 2.12. The van der Waals surface area contributed by atoms with Gasteiger partial charge < -0.3 is 15.8 Å². The van der Waals surface area contributed by atoms with E-state index in [0.717, 1.165) is 28.5 Å². The van der Waals surface area contributed by atoms with E-state index in [1.54, 1.807) is 13.3 Å². The summed E-state index contributed by atoms with van der Waals surface area (Å²) in [6.07, 6.45) is 1.78. The summed E-state index contributed by atoms with van der Waals surface area (Å²) in [5.41, 5.74) is 8.16. The number of hydrogen-bond donors (Lipinski definition) is 2. The maximum Gasteiger partial charge on any atom is 0.128 e. The van der Waals surface area contributed by atoms with Gasteiger partial charge in [0.25, 0.3) is 0 Å². The molecule has 0 aliphatic rings. The predicted molar refractivity (Wildman–Crippen MR) is 76.3 cm³/mol. The molecular weight excluding hydrogens is 240 g/mol. The largest absolute Gasteiger partial charge is 0.496 e. The van der Waals surface area contributed by atoms with Gasteiger partial charge in [-0.25, -0.2) is 9.97 Å². The van der Waals surface area contributed by atoms with Crippen molar-refractivity contribution in [3.8, 4) is 17.0 Å². The van der Waals surface area contributed by atoms with Crippen LogP contribution in [0.4, 0.5) is 5.69 Å². The number of methoxy groups -OCH3 is 1. The summed E-state index contributed by atoms with van der Waals surface area (Å²) in [6, 6.07) is 7.79. The van der Waals surface area contributed by atoms with Gasteiger partial charge in [-0.2, -0.15) is 0 Å². The standard InChI is InChI=1S/C14H18N4O/c1-10-17-9-12(16-8-7-15)14(18-10)11-5-3-4-6-13(11)19-2/h3-6,9,16H,7-8,15H2,1-2H3. The molecule has 0 aliphatic carbocycles. The number of hydrogen-bond acceptors (Lipinski definition) is 5. The Morgan fingerprint density at radius 3 is 2.84 bits per heavy atom. The SMILES string of the molecule is COc1ccccc1-c1nc(C)ncc1NCCN. The number of nitrogens with two attached hydrogens (primary N) is 1. The summed E-state index contributed by atoms with van der Waals surface area (Å²) in [7, 11) is 1.65. The van der Waals surface area contributed by atoms with Crippen LogP contribution in [0.3, 0.4) is 0 Å². The van der Waals surface area contributed by atoms with Crippen molar-refractivity contribution >= 4 is 5.69 Å². The second-order valence-electron chi connectivity index (χ2n) is 4.10. The molecule has 5 nitrogen and oxygen atoms in total. The molecule has 0 radical (unpaired) electrons. The average molecular weight is 258 g/mol. The van der Waals surface area contributed by atoms with Crippen LogP contribution < -0.4 is 15.8 Å². The van der Waals surface area contributed by atoms with Crippen molar-refractivity contribution in [3.05, 3.63) is 36.3 Å².